The Morgan fingerprint density at radius 1 is 1.18 bits per heavy atom. The molecule has 0 bridgehead atoms. The molecule has 120 valence electrons. The number of nitrogens with one attached hydrogen (secondary N) is 1. The third kappa shape index (κ3) is 4.15. The van der Waals surface area contributed by atoms with E-state index < -0.39 is 10.0 Å². The molecule has 22 heavy (non-hydrogen) atoms. The summed E-state index contributed by atoms with van der Waals surface area (Å²) < 4.78 is 27.2. The van der Waals surface area contributed by atoms with Crippen LogP contribution >= 0.6 is 11.3 Å². The lowest BCUT2D eigenvalue weighted by Crippen LogP contribution is -2.26. The Kier molecular flexibility index (Phi) is 5.04. The Morgan fingerprint density at radius 2 is 1.82 bits per heavy atom. The van der Waals surface area contributed by atoms with E-state index in [1.165, 1.54) is 0 Å². The molecule has 6 heteroatoms. The van der Waals surface area contributed by atoms with Crippen molar-refractivity contribution >= 4 is 21.4 Å². The smallest absolute Gasteiger partial charge is 0.240 e. The monoisotopic (exact) mass is 338 g/mol. The summed E-state index contributed by atoms with van der Waals surface area (Å²) in [7, 11) is -3.45. The summed E-state index contributed by atoms with van der Waals surface area (Å²) in [5.41, 5.74) is 3.88. The van der Waals surface area contributed by atoms with Crippen LogP contribution in [-0.4, -0.2) is 19.9 Å². The lowest BCUT2D eigenvalue weighted by Gasteiger charge is -2.19. The van der Waals surface area contributed by atoms with Crippen molar-refractivity contribution in [1.29, 1.82) is 0 Å². The number of benzene rings is 1. The Labute approximate surface area is 136 Å². The van der Waals surface area contributed by atoms with Gasteiger partial charge in [0.25, 0.3) is 0 Å². The third-order valence-electron chi connectivity index (χ3n) is 3.52. The van der Waals surface area contributed by atoms with Crippen molar-refractivity contribution in [2.45, 2.75) is 44.4 Å². The molecule has 1 aromatic heterocycles. The predicted octanol–water partition coefficient (Wildman–Crippen LogP) is 3.27. The Morgan fingerprint density at radius 3 is 2.32 bits per heavy atom. The first-order chi connectivity index (χ1) is 10.2. The fourth-order valence-electron chi connectivity index (χ4n) is 2.08. The molecule has 0 spiro atoms. The molecule has 0 fully saturated rings. The van der Waals surface area contributed by atoms with E-state index in [1.807, 2.05) is 19.1 Å². The molecule has 1 N–H and O–H groups in total. The van der Waals surface area contributed by atoms with Crippen LogP contribution in [0.1, 0.15) is 36.9 Å². The van der Waals surface area contributed by atoms with Gasteiger partial charge in [-0.2, -0.15) is 0 Å². The highest BCUT2D eigenvalue weighted by Crippen LogP contribution is 2.23. The lowest BCUT2D eigenvalue weighted by atomic mass is 9.87. The molecule has 0 atom stereocenters. The highest BCUT2D eigenvalue weighted by Gasteiger charge is 2.17. The summed E-state index contributed by atoms with van der Waals surface area (Å²) in [5.74, 6) is 0. The van der Waals surface area contributed by atoms with Gasteiger partial charge in [-0.15, -0.1) is 11.3 Å². The molecule has 0 aliphatic carbocycles. The van der Waals surface area contributed by atoms with Gasteiger partial charge in [-0.3, -0.25) is 0 Å². The van der Waals surface area contributed by atoms with Gasteiger partial charge in [-0.25, -0.2) is 18.1 Å². The number of rotatable bonds is 5. The summed E-state index contributed by atoms with van der Waals surface area (Å²) >= 11 is 1.55. The van der Waals surface area contributed by atoms with Gasteiger partial charge in [0.15, 0.2) is 0 Å². The van der Waals surface area contributed by atoms with Gasteiger partial charge in [0.2, 0.25) is 10.0 Å². The summed E-state index contributed by atoms with van der Waals surface area (Å²) in [4.78, 5) is 5.59. The summed E-state index contributed by atoms with van der Waals surface area (Å²) in [5, 5.41) is 0. The van der Waals surface area contributed by atoms with Gasteiger partial charge >= 0.3 is 0 Å². The van der Waals surface area contributed by atoms with E-state index in [0.29, 0.717) is 17.9 Å². The van der Waals surface area contributed by atoms with Crippen molar-refractivity contribution in [3.63, 3.8) is 0 Å². The zero-order valence-electron chi connectivity index (χ0n) is 13.4. The molecule has 1 aromatic carbocycles. The fourth-order valence-corrected chi connectivity index (χ4v) is 3.90. The number of nitrogens with zero attached hydrogens (tertiary/aromatic N) is 1. The van der Waals surface area contributed by atoms with E-state index >= 15 is 0 Å². The summed E-state index contributed by atoms with van der Waals surface area (Å²) in [6.07, 6.45) is 0.663. The third-order valence-corrected chi connectivity index (χ3v) is 5.99. The topological polar surface area (TPSA) is 59.1 Å². The zero-order valence-corrected chi connectivity index (χ0v) is 15.0. The zero-order chi connectivity index (χ0) is 16.4. The minimum absolute atomic E-state index is 0.0133. The highest BCUT2D eigenvalue weighted by molar-refractivity contribution is 7.89. The highest BCUT2D eigenvalue weighted by atomic mass is 32.2. The van der Waals surface area contributed by atoms with Crippen LogP contribution in [0.5, 0.6) is 0 Å². The fraction of sp³-hybridized carbons (Fsp3) is 0.438. The van der Waals surface area contributed by atoms with Crippen LogP contribution in [0.4, 0.5) is 0 Å². The van der Waals surface area contributed by atoms with E-state index in [2.05, 4.69) is 30.5 Å². The molecule has 0 saturated heterocycles. The molecule has 1 heterocycles. The molecule has 0 radical (unpaired) electrons. The molecule has 0 aliphatic heterocycles. The molecule has 0 saturated carbocycles. The van der Waals surface area contributed by atoms with Crippen molar-refractivity contribution in [3.8, 4) is 0 Å². The Balaban J connectivity index is 2.02. The summed E-state index contributed by atoms with van der Waals surface area (Å²) in [6, 6.07) is 7.09. The SMILES string of the molecule is Cc1ncsc1CCNS(=O)(=O)c1ccc(C(C)(C)C)cc1. The Hall–Kier alpha value is -1.24. The second-order valence-electron chi connectivity index (χ2n) is 6.28. The van der Waals surface area contributed by atoms with Crippen molar-refractivity contribution in [3.05, 3.63) is 45.9 Å². The van der Waals surface area contributed by atoms with Gasteiger partial charge in [0.05, 0.1) is 16.1 Å². The van der Waals surface area contributed by atoms with Crippen LogP contribution in [-0.2, 0) is 21.9 Å². The van der Waals surface area contributed by atoms with Crippen LogP contribution in [0.3, 0.4) is 0 Å². The molecule has 0 unspecified atom stereocenters. The van der Waals surface area contributed by atoms with Crippen LogP contribution < -0.4 is 4.72 Å². The number of thiazole rings is 1. The minimum Gasteiger partial charge on any atom is -0.250 e. The molecule has 0 amide bonds. The van der Waals surface area contributed by atoms with Crippen molar-refractivity contribution in [2.24, 2.45) is 0 Å². The molecular weight excluding hydrogens is 316 g/mol. The first kappa shape index (κ1) is 17.1. The average Bonchev–Trinajstić information content (AvgIpc) is 2.83. The molecular formula is C16H22N2O2S2. The number of aromatic nitrogens is 1. The maximum atomic E-state index is 12.3. The lowest BCUT2D eigenvalue weighted by molar-refractivity contribution is 0.578. The van der Waals surface area contributed by atoms with Crippen molar-refractivity contribution in [2.75, 3.05) is 6.54 Å². The largest absolute Gasteiger partial charge is 0.250 e. The quantitative estimate of drug-likeness (QED) is 0.910. The van der Waals surface area contributed by atoms with Crippen molar-refractivity contribution < 1.29 is 8.42 Å². The second kappa shape index (κ2) is 6.48. The van der Waals surface area contributed by atoms with Crippen LogP contribution in [0, 0.1) is 6.92 Å². The standard InChI is InChI=1S/C16H22N2O2S2/c1-12-15(21-11-17-12)9-10-18-22(19,20)14-7-5-13(6-8-14)16(2,3)4/h5-8,11,18H,9-10H2,1-4H3. The summed E-state index contributed by atoms with van der Waals surface area (Å²) in [6.45, 7) is 8.63. The first-order valence-corrected chi connectivity index (χ1v) is 9.55. The molecule has 4 nitrogen and oxygen atoms in total. The van der Waals surface area contributed by atoms with E-state index in [0.717, 1.165) is 16.1 Å². The van der Waals surface area contributed by atoms with Crippen LogP contribution in [0.15, 0.2) is 34.7 Å². The number of hydrogen-bond acceptors (Lipinski definition) is 4. The maximum Gasteiger partial charge on any atom is 0.240 e. The van der Waals surface area contributed by atoms with Gasteiger partial charge in [-0.1, -0.05) is 32.9 Å². The van der Waals surface area contributed by atoms with Gasteiger partial charge in [-0.05, 0) is 36.5 Å². The maximum absolute atomic E-state index is 12.3. The Bertz CT molecular complexity index is 726. The van der Waals surface area contributed by atoms with E-state index in [1.54, 1.807) is 29.0 Å². The van der Waals surface area contributed by atoms with E-state index in [9.17, 15) is 8.42 Å². The van der Waals surface area contributed by atoms with Crippen molar-refractivity contribution in [1.82, 2.24) is 9.71 Å². The predicted molar refractivity (Wildman–Crippen MR) is 90.9 cm³/mol. The number of hydrogen-bond donors (Lipinski definition) is 1. The van der Waals surface area contributed by atoms with Gasteiger partial charge < -0.3 is 0 Å². The first-order valence-electron chi connectivity index (χ1n) is 7.19. The van der Waals surface area contributed by atoms with E-state index in [-0.39, 0.29) is 5.41 Å². The minimum atomic E-state index is -3.45. The second-order valence-corrected chi connectivity index (χ2v) is 8.99. The normalized spacial score (nSPS) is 12.5. The average molecular weight is 338 g/mol. The van der Waals surface area contributed by atoms with Gasteiger partial charge in [0.1, 0.15) is 0 Å². The molecule has 0 aliphatic rings. The van der Waals surface area contributed by atoms with E-state index in [4.69, 9.17) is 0 Å². The van der Waals surface area contributed by atoms with Crippen LogP contribution in [0.2, 0.25) is 0 Å². The van der Waals surface area contributed by atoms with Crippen LogP contribution in [0.25, 0.3) is 0 Å². The molecule has 2 rings (SSSR count). The number of sulfonamides is 1. The molecule has 2 aromatic rings. The number of aryl methyl sites for hydroxylation is 1. The van der Waals surface area contributed by atoms with Gasteiger partial charge in [0, 0.05) is 11.4 Å².